The zero-order valence-electron chi connectivity index (χ0n) is 15.0. The molecule has 3 N–H and O–H groups in total. The van der Waals surface area contributed by atoms with E-state index >= 15 is 0 Å². The van der Waals surface area contributed by atoms with Gasteiger partial charge >= 0.3 is 0 Å². The van der Waals surface area contributed by atoms with Gasteiger partial charge in [-0.25, -0.2) is 0 Å². The topological polar surface area (TPSA) is 75.4 Å². The number of nitrogens with one attached hydrogen (secondary N) is 1. The summed E-state index contributed by atoms with van der Waals surface area (Å²) >= 11 is 0. The quantitative estimate of drug-likeness (QED) is 0.815. The fraction of sp³-hybridized carbons (Fsp3) is 0.579. The summed E-state index contributed by atoms with van der Waals surface area (Å²) in [5.74, 6) is -0.163. The number of likely N-dealkylation sites (N-methyl/N-ethyl adjacent to an activating group) is 1. The Balaban J connectivity index is 2.30. The van der Waals surface area contributed by atoms with Gasteiger partial charge in [0.25, 0.3) is 5.91 Å². The van der Waals surface area contributed by atoms with Crippen LogP contribution in [0.1, 0.15) is 61.9 Å². The van der Waals surface area contributed by atoms with Crippen molar-refractivity contribution in [1.29, 1.82) is 0 Å². The molecule has 2 amide bonds. The molecular weight excluding hydrogens is 302 g/mol. The van der Waals surface area contributed by atoms with Crippen LogP contribution in [0.5, 0.6) is 0 Å². The maximum atomic E-state index is 13.1. The summed E-state index contributed by atoms with van der Waals surface area (Å²) in [7, 11) is 0. The van der Waals surface area contributed by atoms with Crippen molar-refractivity contribution in [3.63, 3.8) is 0 Å². The van der Waals surface area contributed by atoms with E-state index in [0.717, 1.165) is 24.8 Å². The lowest BCUT2D eigenvalue weighted by molar-refractivity contribution is -0.139. The molecule has 5 nitrogen and oxygen atoms in total. The molecule has 1 aliphatic carbocycles. The number of anilines is 1. The summed E-state index contributed by atoms with van der Waals surface area (Å²) in [5.41, 5.74) is 7.01. The number of hydrogen-bond acceptors (Lipinski definition) is 3. The zero-order chi connectivity index (χ0) is 17.7. The molecule has 132 valence electrons. The van der Waals surface area contributed by atoms with Crippen molar-refractivity contribution in [2.24, 2.45) is 0 Å². The van der Waals surface area contributed by atoms with E-state index in [2.05, 4.69) is 5.32 Å². The minimum absolute atomic E-state index is 0.0436. The van der Waals surface area contributed by atoms with Gasteiger partial charge in [-0.2, -0.15) is 0 Å². The Morgan fingerprint density at radius 2 is 1.79 bits per heavy atom. The number of aryl methyl sites for hydroxylation is 1. The van der Waals surface area contributed by atoms with E-state index in [-0.39, 0.29) is 11.8 Å². The van der Waals surface area contributed by atoms with Gasteiger partial charge in [-0.1, -0.05) is 25.3 Å². The normalized spacial score (nSPS) is 16.5. The fourth-order valence-electron chi connectivity index (χ4n) is 3.53. The first-order chi connectivity index (χ1) is 11.4. The molecule has 0 saturated heterocycles. The lowest BCUT2D eigenvalue weighted by Gasteiger charge is -2.40. The first-order valence-corrected chi connectivity index (χ1v) is 8.91. The summed E-state index contributed by atoms with van der Waals surface area (Å²) in [6, 6.07) is 5.30. The van der Waals surface area contributed by atoms with Gasteiger partial charge < -0.3 is 16.0 Å². The van der Waals surface area contributed by atoms with Crippen LogP contribution in [0.25, 0.3) is 0 Å². The highest BCUT2D eigenvalue weighted by Crippen LogP contribution is 2.31. The Morgan fingerprint density at radius 3 is 2.38 bits per heavy atom. The Hall–Kier alpha value is -2.04. The number of rotatable bonds is 5. The van der Waals surface area contributed by atoms with Crippen LogP contribution in [0.2, 0.25) is 0 Å². The second kappa shape index (κ2) is 7.69. The van der Waals surface area contributed by atoms with Gasteiger partial charge in [0, 0.05) is 24.3 Å². The van der Waals surface area contributed by atoms with Gasteiger partial charge in [0.05, 0.1) is 0 Å². The molecule has 0 heterocycles. The highest BCUT2D eigenvalue weighted by atomic mass is 16.2. The molecule has 2 rings (SSSR count). The lowest BCUT2D eigenvalue weighted by Crippen LogP contribution is -2.60. The van der Waals surface area contributed by atoms with E-state index < -0.39 is 5.54 Å². The third-order valence-electron chi connectivity index (χ3n) is 5.03. The Morgan fingerprint density at radius 1 is 1.17 bits per heavy atom. The summed E-state index contributed by atoms with van der Waals surface area (Å²) in [6.07, 6.45) is 4.44. The van der Waals surface area contributed by atoms with Crippen LogP contribution < -0.4 is 11.1 Å². The van der Waals surface area contributed by atoms with Crippen molar-refractivity contribution in [2.45, 2.75) is 58.4 Å². The fourth-order valence-corrected chi connectivity index (χ4v) is 3.53. The average Bonchev–Trinajstić information content (AvgIpc) is 2.58. The maximum Gasteiger partial charge on any atom is 0.252 e. The monoisotopic (exact) mass is 331 g/mol. The lowest BCUT2D eigenvalue weighted by atomic mass is 9.80. The van der Waals surface area contributed by atoms with Crippen molar-refractivity contribution < 1.29 is 9.59 Å². The molecule has 1 saturated carbocycles. The van der Waals surface area contributed by atoms with Crippen molar-refractivity contribution in [2.75, 3.05) is 18.8 Å². The number of amides is 2. The summed E-state index contributed by atoms with van der Waals surface area (Å²) in [4.78, 5) is 27.8. The number of nitrogens with two attached hydrogens (primary N) is 1. The highest BCUT2D eigenvalue weighted by molar-refractivity contribution is 6.00. The molecule has 5 heteroatoms. The SMILES string of the molecule is CCN(CC)C(=O)C1(NC(=O)c2cc(N)ccc2C)CCCCC1. The highest BCUT2D eigenvalue weighted by Gasteiger charge is 2.42. The first kappa shape index (κ1) is 18.3. The van der Waals surface area contributed by atoms with Crippen LogP contribution in [0, 0.1) is 6.92 Å². The molecule has 24 heavy (non-hydrogen) atoms. The standard InChI is InChI=1S/C19H29N3O2/c1-4-22(5-2)18(24)19(11-7-6-8-12-19)21-17(23)16-13-15(20)10-9-14(16)3/h9-10,13H,4-8,11-12,20H2,1-3H3,(H,21,23). The number of carbonyl (C=O) groups excluding carboxylic acids is 2. The van der Waals surface area contributed by atoms with Crippen molar-refractivity contribution in [1.82, 2.24) is 10.2 Å². The van der Waals surface area contributed by atoms with E-state index in [0.29, 0.717) is 37.2 Å². The molecular formula is C19H29N3O2. The second-order valence-electron chi connectivity index (χ2n) is 6.65. The van der Waals surface area contributed by atoms with E-state index in [1.807, 2.05) is 31.7 Å². The second-order valence-corrected chi connectivity index (χ2v) is 6.65. The largest absolute Gasteiger partial charge is 0.399 e. The Labute approximate surface area is 144 Å². The van der Waals surface area contributed by atoms with Gasteiger partial charge in [0.2, 0.25) is 5.91 Å². The van der Waals surface area contributed by atoms with Gasteiger partial charge in [0.15, 0.2) is 0 Å². The van der Waals surface area contributed by atoms with Crippen LogP contribution in [0.4, 0.5) is 5.69 Å². The van der Waals surface area contributed by atoms with Crippen LogP contribution in [0.15, 0.2) is 18.2 Å². The molecule has 0 bridgehead atoms. The molecule has 0 atom stereocenters. The van der Waals surface area contributed by atoms with Crippen LogP contribution in [-0.2, 0) is 4.79 Å². The summed E-state index contributed by atoms with van der Waals surface area (Å²) < 4.78 is 0. The van der Waals surface area contributed by atoms with Gasteiger partial charge in [-0.3, -0.25) is 9.59 Å². The molecule has 0 aliphatic heterocycles. The van der Waals surface area contributed by atoms with E-state index in [9.17, 15) is 9.59 Å². The van der Waals surface area contributed by atoms with Crippen LogP contribution in [-0.4, -0.2) is 35.3 Å². The summed E-state index contributed by atoms with van der Waals surface area (Å²) in [6.45, 7) is 7.15. The molecule has 1 aliphatic rings. The minimum atomic E-state index is -0.779. The van der Waals surface area contributed by atoms with E-state index in [1.54, 1.807) is 12.1 Å². The van der Waals surface area contributed by atoms with Gasteiger partial charge in [-0.15, -0.1) is 0 Å². The molecule has 0 radical (unpaired) electrons. The van der Waals surface area contributed by atoms with Crippen LogP contribution >= 0.6 is 0 Å². The molecule has 1 aromatic carbocycles. The Bertz CT molecular complexity index is 603. The third-order valence-corrected chi connectivity index (χ3v) is 5.03. The molecule has 0 unspecified atom stereocenters. The van der Waals surface area contributed by atoms with Crippen molar-refractivity contribution >= 4 is 17.5 Å². The third kappa shape index (κ3) is 3.71. The number of nitrogens with zero attached hydrogens (tertiary/aromatic N) is 1. The maximum absolute atomic E-state index is 13.1. The van der Waals surface area contributed by atoms with Crippen molar-refractivity contribution in [3.05, 3.63) is 29.3 Å². The van der Waals surface area contributed by atoms with E-state index in [4.69, 9.17) is 5.73 Å². The number of hydrogen-bond donors (Lipinski definition) is 2. The van der Waals surface area contributed by atoms with Gasteiger partial charge in [-0.05, 0) is 51.3 Å². The van der Waals surface area contributed by atoms with Crippen LogP contribution in [0.3, 0.4) is 0 Å². The first-order valence-electron chi connectivity index (χ1n) is 8.91. The van der Waals surface area contributed by atoms with Gasteiger partial charge in [0.1, 0.15) is 5.54 Å². The molecule has 0 spiro atoms. The minimum Gasteiger partial charge on any atom is -0.399 e. The predicted molar refractivity (Wildman–Crippen MR) is 96.8 cm³/mol. The molecule has 1 aromatic rings. The van der Waals surface area contributed by atoms with E-state index in [1.165, 1.54) is 0 Å². The average molecular weight is 331 g/mol. The summed E-state index contributed by atoms with van der Waals surface area (Å²) in [5, 5.41) is 3.08. The smallest absolute Gasteiger partial charge is 0.252 e. The van der Waals surface area contributed by atoms with Crippen molar-refractivity contribution in [3.8, 4) is 0 Å². The molecule has 0 aromatic heterocycles. The number of benzene rings is 1. The number of carbonyl (C=O) groups is 2. The molecule has 1 fully saturated rings. The number of nitrogen functional groups attached to an aromatic ring is 1. The predicted octanol–water partition coefficient (Wildman–Crippen LogP) is 2.88. The Kier molecular flexibility index (Phi) is 5.86. The zero-order valence-corrected chi connectivity index (χ0v) is 15.0.